The minimum atomic E-state index is -0.567. The summed E-state index contributed by atoms with van der Waals surface area (Å²) in [4.78, 5) is 38.3. The van der Waals surface area contributed by atoms with Gasteiger partial charge in [0.05, 0.1) is 12.0 Å². The maximum absolute atomic E-state index is 12.4. The molecule has 0 saturated carbocycles. The number of nitrogens with zero attached hydrogens (tertiary/aromatic N) is 1. The van der Waals surface area contributed by atoms with E-state index >= 15 is 0 Å². The maximum atomic E-state index is 12.4. The second kappa shape index (κ2) is 8.99. The first kappa shape index (κ1) is 19.4. The molecule has 0 spiro atoms. The smallest absolute Gasteiger partial charge is 0.328 e. The minimum absolute atomic E-state index is 0.0155. The Morgan fingerprint density at radius 3 is 2.56 bits per heavy atom. The van der Waals surface area contributed by atoms with E-state index in [9.17, 15) is 14.4 Å². The van der Waals surface area contributed by atoms with Gasteiger partial charge in [0.2, 0.25) is 5.91 Å². The predicted molar refractivity (Wildman–Crippen MR) is 89.5 cm³/mol. The lowest BCUT2D eigenvalue weighted by atomic mass is 10.0. The summed E-state index contributed by atoms with van der Waals surface area (Å²) in [5.74, 6) is -1.55. The van der Waals surface area contributed by atoms with Crippen LogP contribution in [0.1, 0.15) is 33.1 Å². The van der Waals surface area contributed by atoms with Crippen molar-refractivity contribution in [3.63, 3.8) is 0 Å². The molecule has 4 atom stereocenters. The van der Waals surface area contributed by atoms with Crippen LogP contribution in [0.4, 0.5) is 0 Å². The number of carbonyl (C=O) groups is 3. The zero-order valence-electron chi connectivity index (χ0n) is 15.1. The first-order chi connectivity index (χ1) is 11.9. The number of carbonyl (C=O) groups excluding carboxylic acids is 3. The molecule has 7 heteroatoms. The molecule has 1 fully saturated rings. The van der Waals surface area contributed by atoms with Crippen LogP contribution in [0, 0.1) is 11.8 Å². The molecule has 2 aliphatic rings. The Hall–Kier alpha value is -1.89. The molecule has 0 bridgehead atoms. The first-order valence-corrected chi connectivity index (χ1v) is 8.76. The summed E-state index contributed by atoms with van der Waals surface area (Å²) in [6, 6.07) is -0.557. The quantitative estimate of drug-likeness (QED) is 0.522. The molecule has 2 rings (SSSR count). The Bertz CT molecular complexity index is 532. The highest BCUT2D eigenvalue weighted by atomic mass is 16.6. The lowest BCUT2D eigenvalue weighted by Crippen LogP contribution is -2.41. The summed E-state index contributed by atoms with van der Waals surface area (Å²) in [5, 5.41) is 0. The van der Waals surface area contributed by atoms with Crippen LogP contribution in [0.2, 0.25) is 0 Å². The zero-order chi connectivity index (χ0) is 18.4. The van der Waals surface area contributed by atoms with Crippen LogP contribution in [-0.4, -0.2) is 61.8 Å². The molecule has 0 radical (unpaired) electrons. The molecule has 2 aliphatic heterocycles. The van der Waals surface area contributed by atoms with Gasteiger partial charge in [-0.05, 0) is 19.8 Å². The minimum Gasteiger partial charge on any atom is -0.463 e. The van der Waals surface area contributed by atoms with Crippen LogP contribution in [0.25, 0.3) is 0 Å². The van der Waals surface area contributed by atoms with Crippen LogP contribution in [0.3, 0.4) is 0 Å². The van der Waals surface area contributed by atoms with Crippen molar-refractivity contribution < 1.29 is 28.6 Å². The molecule has 0 aromatic heterocycles. The Balaban J connectivity index is 2.15. The molecule has 1 saturated heterocycles. The fraction of sp³-hybridized carbons (Fsp3) is 0.722. The van der Waals surface area contributed by atoms with E-state index in [0.717, 1.165) is 6.42 Å². The Morgan fingerprint density at radius 1 is 1.12 bits per heavy atom. The first-order valence-electron chi connectivity index (χ1n) is 8.76. The van der Waals surface area contributed by atoms with E-state index in [-0.39, 0.29) is 37.6 Å². The molecule has 0 aliphatic carbocycles. The second-order valence-corrected chi connectivity index (χ2v) is 6.67. The van der Waals surface area contributed by atoms with E-state index in [1.165, 1.54) is 0 Å². The number of amides is 1. The molecule has 7 nitrogen and oxygen atoms in total. The van der Waals surface area contributed by atoms with Gasteiger partial charge in [0.25, 0.3) is 0 Å². The van der Waals surface area contributed by atoms with Gasteiger partial charge in [-0.15, -0.1) is 0 Å². The monoisotopic (exact) mass is 353 g/mol. The number of esters is 2. The molecule has 0 N–H and O–H groups in total. The van der Waals surface area contributed by atoms with E-state index in [2.05, 4.69) is 0 Å². The summed E-state index contributed by atoms with van der Waals surface area (Å²) in [6.45, 7) is 4.20. The number of rotatable bonds is 1. The topological polar surface area (TPSA) is 82.1 Å². The highest BCUT2D eigenvalue weighted by Gasteiger charge is 2.35. The third-order valence-corrected chi connectivity index (χ3v) is 4.73. The van der Waals surface area contributed by atoms with Crippen LogP contribution < -0.4 is 0 Å². The highest BCUT2D eigenvalue weighted by molar-refractivity contribution is 5.86. The van der Waals surface area contributed by atoms with Gasteiger partial charge in [0.15, 0.2) is 0 Å². The van der Waals surface area contributed by atoms with Gasteiger partial charge < -0.3 is 19.1 Å². The van der Waals surface area contributed by atoms with E-state index in [1.807, 2.05) is 13.0 Å². The molecular weight excluding hydrogens is 326 g/mol. The van der Waals surface area contributed by atoms with Gasteiger partial charge in [-0.25, -0.2) is 4.79 Å². The van der Waals surface area contributed by atoms with Crippen LogP contribution in [-0.2, 0) is 28.6 Å². The van der Waals surface area contributed by atoms with E-state index in [0.29, 0.717) is 13.0 Å². The van der Waals surface area contributed by atoms with E-state index in [1.54, 1.807) is 25.0 Å². The Kier molecular flexibility index (Phi) is 6.99. The van der Waals surface area contributed by atoms with Crippen molar-refractivity contribution in [1.82, 2.24) is 4.90 Å². The van der Waals surface area contributed by atoms with Gasteiger partial charge in [-0.2, -0.15) is 0 Å². The summed E-state index contributed by atoms with van der Waals surface area (Å²) in [6.07, 6.45) is 4.95. The molecular formula is C18H27NO6. The third kappa shape index (κ3) is 5.04. The van der Waals surface area contributed by atoms with Crippen molar-refractivity contribution >= 4 is 17.8 Å². The van der Waals surface area contributed by atoms with Crippen LogP contribution in [0.5, 0.6) is 0 Å². The van der Waals surface area contributed by atoms with Crippen molar-refractivity contribution in [2.24, 2.45) is 11.8 Å². The van der Waals surface area contributed by atoms with Crippen molar-refractivity contribution in [2.75, 3.05) is 26.9 Å². The van der Waals surface area contributed by atoms with Gasteiger partial charge >= 0.3 is 11.9 Å². The summed E-state index contributed by atoms with van der Waals surface area (Å²) < 4.78 is 15.9. The second-order valence-electron chi connectivity index (χ2n) is 6.67. The zero-order valence-corrected chi connectivity index (χ0v) is 15.1. The molecule has 1 amide bonds. The van der Waals surface area contributed by atoms with Crippen molar-refractivity contribution in [2.45, 2.75) is 45.3 Å². The number of fused-ring (bicyclic) bond motifs is 1. The molecule has 0 aromatic rings. The van der Waals surface area contributed by atoms with Crippen LogP contribution >= 0.6 is 0 Å². The fourth-order valence-electron chi connectivity index (χ4n) is 3.05. The van der Waals surface area contributed by atoms with Crippen molar-refractivity contribution in [3.05, 3.63) is 12.2 Å². The maximum Gasteiger partial charge on any atom is 0.328 e. The van der Waals surface area contributed by atoms with Gasteiger partial charge in [0.1, 0.15) is 19.3 Å². The van der Waals surface area contributed by atoms with E-state index in [4.69, 9.17) is 14.2 Å². The Labute approximate surface area is 148 Å². The molecule has 0 unspecified atom stereocenters. The third-order valence-electron chi connectivity index (χ3n) is 4.73. The summed E-state index contributed by atoms with van der Waals surface area (Å²) >= 11 is 0. The van der Waals surface area contributed by atoms with Gasteiger partial charge in [0, 0.05) is 26.0 Å². The lowest BCUT2D eigenvalue weighted by molar-refractivity contribution is -0.160. The lowest BCUT2D eigenvalue weighted by Gasteiger charge is -2.23. The van der Waals surface area contributed by atoms with Gasteiger partial charge in [-0.1, -0.05) is 19.1 Å². The number of hydrogen-bond acceptors (Lipinski definition) is 6. The standard InChI is InChI=1S/C18H27NO6/c1-12-6-4-8-16(20)19-9-5-7-14(19)18(22)24-10-13(2)17(21)25-11-15(12)23-3/h4,6,12-15H,5,7-11H2,1-3H3/b6-4+/t12-,13+,14+,15-/m1/s1. The number of hydrogen-bond donors (Lipinski definition) is 0. The highest BCUT2D eigenvalue weighted by Crippen LogP contribution is 2.21. The SMILES string of the molecule is CO[C@@H]1COC(=O)[C@@H](C)COC(=O)[C@@H]2CCCN2C(=O)C/C=C/[C@H]1C. The normalized spacial score (nSPS) is 33.7. The molecule has 0 aromatic carbocycles. The van der Waals surface area contributed by atoms with Crippen molar-refractivity contribution in [3.8, 4) is 0 Å². The molecule has 2 heterocycles. The van der Waals surface area contributed by atoms with Gasteiger partial charge in [-0.3, -0.25) is 9.59 Å². The average Bonchev–Trinajstić information content (AvgIpc) is 3.08. The summed E-state index contributed by atoms with van der Waals surface area (Å²) in [5.41, 5.74) is 0. The van der Waals surface area contributed by atoms with E-state index < -0.39 is 23.9 Å². The molecule has 25 heavy (non-hydrogen) atoms. The number of methoxy groups -OCH3 is 1. The van der Waals surface area contributed by atoms with Crippen LogP contribution in [0.15, 0.2) is 12.2 Å². The molecule has 140 valence electrons. The summed E-state index contributed by atoms with van der Waals surface area (Å²) in [7, 11) is 1.56. The average molecular weight is 353 g/mol. The number of cyclic esters (lactones) is 2. The number of ether oxygens (including phenoxy) is 3. The van der Waals surface area contributed by atoms with Crippen molar-refractivity contribution in [1.29, 1.82) is 0 Å². The largest absolute Gasteiger partial charge is 0.463 e. The predicted octanol–water partition coefficient (Wildman–Crippen LogP) is 1.31. The fourth-order valence-corrected chi connectivity index (χ4v) is 3.05. The Morgan fingerprint density at radius 2 is 1.84 bits per heavy atom.